The maximum Gasteiger partial charge on any atom is 0.394 e. The highest BCUT2D eigenvalue weighted by Crippen LogP contribution is 2.13. The molecule has 8 heteroatoms. The molecule has 0 bridgehead atoms. The second kappa shape index (κ2) is 6.05. The van der Waals surface area contributed by atoms with E-state index in [0.717, 1.165) is 0 Å². The molecule has 0 aliphatic carbocycles. The van der Waals surface area contributed by atoms with Crippen LogP contribution < -0.4 is 5.32 Å². The molecule has 1 rings (SSSR count). The van der Waals surface area contributed by atoms with Crippen LogP contribution in [0.25, 0.3) is 0 Å². The monoisotopic (exact) mass is 253 g/mol. The summed E-state index contributed by atoms with van der Waals surface area (Å²) in [5.74, 6) is -1.22. The standard InChI is InChI=1S/C8H9NO2.H2O4S/c1-6(10)9-7-2-4-8(11)5-3-7;1-5(2,3)4/h2-5,11H,1H3,(H,9,10);(H2,1,2,3,4)/i2D,3D,4D,5D;. The molecule has 0 unspecified atom stereocenters. The fourth-order valence-corrected chi connectivity index (χ4v) is 0.544. The van der Waals surface area contributed by atoms with Crippen molar-refractivity contribution in [3.8, 4) is 5.75 Å². The first kappa shape index (κ1) is 8.50. The van der Waals surface area contributed by atoms with Crippen LogP contribution in [0.2, 0.25) is 0 Å². The lowest BCUT2D eigenvalue weighted by molar-refractivity contribution is -0.114. The van der Waals surface area contributed by atoms with Crippen LogP contribution in [0.5, 0.6) is 5.75 Å². The van der Waals surface area contributed by atoms with E-state index in [4.69, 9.17) is 23.0 Å². The summed E-state index contributed by atoms with van der Waals surface area (Å²) in [4.78, 5) is 10.8. The van der Waals surface area contributed by atoms with E-state index in [2.05, 4.69) is 5.32 Å². The number of anilines is 1. The van der Waals surface area contributed by atoms with Gasteiger partial charge in [0, 0.05) is 12.6 Å². The highest BCUT2D eigenvalue weighted by Gasteiger charge is 1.93. The molecule has 0 fully saturated rings. The Hall–Kier alpha value is -1.64. The average molecular weight is 253 g/mol. The minimum atomic E-state index is -4.67. The van der Waals surface area contributed by atoms with E-state index in [1.54, 1.807) is 0 Å². The molecular formula is C8H11NO6S. The van der Waals surface area contributed by atoms with Crippen molar-refractivity contribution in [2.24, 2.45) is 0 Å². The van der Waals surface area contributed by atoms with Crippen LogP contribution >= 0.6 is 0 Å². The third kappa shape index (κ3) is 10.4. The molecule has 0 aliphatic rings. The van der Waals surface area contributed by atoms with E-state index in [9.17, 15) is 9.90 Å². The van der Waals surface area contributed by atoms with Crippen molar-refractivity contribution in [2.75, 3.05) is 5.32 Å². The summed E-state index contributed by atoms with van der Waals surface area (Å²) in [6, 6.07) is -2.08. The molecule has 0 saturated carbocycles. The van der Waals surface area contributed by atoms with E-state index in [0.29, 0.717) is 0 Å². The summed E-state index contributed by atoms with van der Waals surface area (Å²) >= 11 is 0. The fraction of sp³-hybridized carbons (Fsp3) is 0.125. The summed E-state index contributed by atoms with van der Waals surface area (Å²) in [6.07, 6.45) is 0. The maximum atomic E-state index is 10.8. The molecule has 0 radical (unpaired) electrons. The third-order valence-electron chi connectivity index (χ3n) is 0.913. The minimum Gasteiger partial charge on any atom is -0.508 e. The van der Waals surface area contributed by atoms with Crippen molar-refractivity contribution < 1.29 is 32.9 Å². The van der Waals surface area contributed by atoms with Gasteiger partial charge in [0.2, 0.25) is 5.91 Å². The minimum absolute atomic E-state index is 0.227. The topological polar surface area (TPSA) is 124 Å². The molecule has 0 saturated heterocycles. The molecule has 7 nitrogen and oxygen atoms in total. The number of aromatic hydroxyl groups is 1. The molecule has 0 aromatic heterocycles. The summed E-state index contributed by atoms with van der Waals surface area (Å²) in [5, 5.41) is 11.4. The SMILES string of the molecule is O=S(=O)(O)O.[2H]c1c([2H])c(NC(C)=O)c([2H])c([2H])c1O. The normalized spacial score (nSPS) is 13.4. The van der Waals surface area contributed by atoms with Gasteiger partial charge in [0.05, 0.1) is 5.48 Å². The number of benzene rings is 1. The molecule has 0 spiro atoms. The Balaban J connectivity index is 0.000000621. The molecule has 0 atom stereocenters. The summed E-state index contributed by atoms with van der Waals surface area (Å²) in [6.45, 7) is 1.19. The van der Waals surface area contributed by atoms with Crippen LogP contribution in [0.1, 0.15) is 12.4 Å². The predicted octanol–water partition coefficient (Wildman–Crippen LogP) is 0.698. The number of phenolic OH excluding ortho intramolecular Hbond substituents is 1. The first-order chi connectivity index (χ1) is 8.86. The van der Waals surface area contributed by atoms with Gasteiger partial charge in [-0.1, -0.05) is 0 Å². The van der Waals surface area contributed by atoms with Gasteiger partial charge >= 0.3 is 10.4 Å². The smallest absolute Gasteiger partial charge is 0.394 e. The first-order valence-electron chi connectivity index (χ1n) is 5.63. The second-order valence-corrected chi connectivity index (χ2v) is 3.25. The van der Waals surface area contributed by atoms with Gasteiger partial charge in [-0.3, -0.25) is 13.9 Å². The molecule has 1 aromatic carbocycles. The van der Waals surface area contributed by atoms with Gasteiger partial charge in [-0.15, -0.1) is 0 Å². The quantitative estimate of drug-likeness (QED) is 0.431. The van der Waals surface area contributed by atoms with Crippen molar-refractivity contribution in [1.82, 2.24) is 0 Å². The van der Waals surface area contributed by atoms with Crippen LogP contribution in [-0.2, 0) is 15.2 Å². The zero-order valence-electron chi connectivity index (χ0n) is 12.0. The number of nitrogens with one attached hydrogen (secondary N) is 1. The largest absolute Gasteiger partial charge is 0.508 e. The third-order valence-corrected chi connectivity index (χ3v) is 0.913. The lowest BCUT2D eigenvalue weighted by Gasteiger charge is -1.99. The first-order valence-corrected chi connectivity index (χ1v) is 5.02. The van der Waals surface area contributed by atoms with Crippen LogP contribution in [0.15, 0.2) is 24.2 Å². The summed E-state index contributed by atoms with van der Waals surface area (Å²) < 4.78 is 60.9. The Morgan fingerprint density at radius 1 is 1.31 bits per heavy atom. The maximum absolute atomic E-state index is 10.8. The van der Waals surface area contributed by atoms with Gasteiger partial charge in [0.15, 0.2) is 0 Å². The van der Waals surface area contributed by atoms with Gasteiger partial charge in [-0.2, -0.15) is 8.42 Å². The zero-order chi connectivity index (χ0) is 16.2. The molecule has 16 heavy (non-hydrogen) atoms. The average Bonchev–Trinajstić information content (AvgIpc) is 2.27. The van der Waals surface area contributed by atoms with E-state index in [1.807, 2.05) is 0 Å². The van der Waals surface area contributed by atoms with Crippen LogP contribution in [0, 0.1) is 0 Å². The Labute approximate surface area is 97.9 Å². The Kier molecular flexibility index (Phi) is 3.22. The van der Waals surface area contributed by atoms with Crippen LogP contribution in [0.3, 0.4) is 0 Å². The van der Waals surface area contributed by atoms with Crippen molar-refractivity contribution >= 4 is 22.0 Å². The number of carbonyl (C=O) groups excluding carboxylic acids is 1. The zero-order valence-corrected chi connectivity index (χ0v) is 8.79. The van der Waals surface area contributed by atoms with Gasteiger partial charge in [-0.05, 0) is 24.2 Å². The van der Waals surface area contributed by atoms with Crippen molar-refractivity contribution in [1.29, 1.82) is 0 Å². The molecule has 90 valence electrons. The molecule has 1 aromatic rings. The Morgan fingerprint density at radius 2 is 1.69 bits per heavy atom. The van der Waals surface area contributed by atoms with Crippen molar-refractivity contribution in [2.45, 2.75) is 6.92 Å². The highest BCUT2D eigenvalue weighted by atomic mass is 32.3. The number of amides is 1. The van der Waals surface area contributed by atoms with E-state index in [-0.39, 0.29) is 5.69 Å². The number of hydrogen-bond acceptors (Lipinski definition) is 4. The van der Waals surface area contributed by atoms with Crippen LogP contribution in [0.4, 0.5) is 5.69 Å². The number of carbonyl (C=O) groups is 1. The van der Waals surface area contributed by atoms with E-state index < -0.39 is 46.2 Å². The molecular weight excluding hydrogens is 238 g/mol. The summed E-state index contributed by atoms with van der Waals surface area (Å²) in [7, 11) is -4.67. The lowest BCUT2D eigenvalue weighted by atomic mass is 10.3. The lowest BCUT2D eigenvalue weighted by Crippen LogP contribution is -2.04. The van der Waals surface area contributed by atoms with Crippen molar-refractivity contribution in [3.05, 3.63) is 24.2 Å². The van der Waals surface area contributed by atoms with Crippen molar-refractivity contribution in [3.63, 3.8) is 0 Å². The van der Waals surface area contributed by atoms with E-state index in [1.165, 1.54) is 6.92 Å². The molecule has 1 amide bonds. The Bertz CT molecular complexity index is 595. The number of rotatable bonds is 1. The molecule has 0 aliphatic heterocycles. The fourth-order valence-electron chi connectivity index (χ4n) is 0.544. The second-order valence-electron chi connectivity index (χ2n) is 2.35. The number of hydrogen-bond donors (Lipinski definition) is 4. The Morgan fingerprint density at radius 3 is 2.00 bits per heavy atom. The molecule has 4 N–H and O–H groups in total. The van der Waals surface area contributed by atoms with Crippen LogP contribution in [-0.4, -0.2) is 28.5 Å². The van der Waals surface area contributed by atoms with Gasteiger partial charge in [0.1, 0.15) is 5.75 Å². The van der Waals surface area contributed by atoms with Gasteiger partial charge in [-0.25, -0.2) is 0 Å². The molecule has 0 heterocycles. The van der Waals surface area contributed by atoms with Gasteiger partial charge in [0.25, 0.3) is 0 Å². The predicted molar refractivity (Wildman–Crippen MR) is 56.6 cm³/mol. The van der Waals surface area contributed by atoms with Gasteiger partial charge < -0.3 is 10.4 Å². The van der Waals surface area contributed by atoms with E-state index >= 15 is 0 Å². The number of phenols is 1. The summed E-state index contributed by atoms with van der Waals surface area (Å²) in [5.41, 5.74) is -0.227. The highest BCUT2D eigenvalue weighted by molar-refractivity contribution is 7.79.